The second kappa shape index (κ2) is 2.41. The van der Waals surface area contributed by atoms with Crippen molar-refractivity contribution in [2.24, 2.45) is 0 Å². The largest absolute Gasteiger partial charge is 0.129 e. The number of rotatable bonds is 1. The van der Waals surface area contributed by atoms with Crippen molar-refractivity contribution in [3.8, 4) is 0 Å². The van der Waals surface area contributed by atoms with E-state index in [1.165, 1.54) is 0 Å². The summed E-state index contributed by atoms with van der Waals surface area (Å²) in [6.07, 6.45) is 0. The third-order valence-electron chi connectivity index (χ3n) is 0.437. The first kappa shape index (κ1) is 7.09. The molecule has 0 heterocycles. The van der Waals surface area contributed by atoms with Gasteiger partial charge >= 0.3 is 0 Å². The highest BCUT2D eigenvalue weighted by atomic mass is 32.2. The Morgan fingerprint density at radius 2 is 1.86 bits per heavy atom. The first-order chi connectivity index (χ1) is 3.06. The Labute approximate surface area is 50.0 Å². The van der Waals surface area contributed by atoms with E-state index in [0.29, 0.717) is 4.75 Å². The number of hydrogen-bond acceptors (Lipinski definition) is 1. The van der Waals surface area contributed by atoms with Gasteiger partial charge in [0, 0.05) is 4.75 Å². The van der Waals surface area contributed by atoms with Gasteiger partial charge in [-0.2, -0.15) is 0 Å². The molecule has 0 saturated heterocycles. The van der Waals surface area contributed by atoms with Crippen LogP contribution in [0, 0.1) is 0 Å². The number of thioether (sulfide) groups is 1. The molecule has 0 fully saturated rings. The third-order valence-corrected chi connectivity index (χ3v) is 1.31. The molecule has 7 heavy (non-hydrogen) atoms. The summed E-state index contributed by atoms with van der Waals surface area (Å²) in [6, 6.07) is 0. The lowest BCUT2D eigenvalue weighted by Gasteiger charge is -2.12. The predicted octanol–water partition coefficient (Wildman–Crippen LogP) is 2.66. The zero-order valence-electron chi connectivity index (χ0n) is 5.19. The summed E-state index contributed by atoms with van der Waals surface area (Å²) in [7, 11) is 0. The van der Waals surface area contributed by atoms with Gasteiger partial charge in [-0.15, -0.1) is 11.8 Å². The van der Waals surface area contributed by atoms with Crippen LogP contribution in [0.2, 0.25) is 0 Å². The molecular weight excluding hydrogens is 104 g/mol. The Hall–Kier alpha value is 0.0900. The fourth-order valence-corrected chi connectivity index (χ4v) is 0.750. The molecule has 0 bridgehead atoms. The summed E-state index contributed by atoms with van der Waals surface area (Å²) >= 11 is 1.75. The zero-order chi connectivity index (χ0) is 5.91. The minimum atomic E-state index is 0.349. The Kier molecular flexibility index (Phi) is 2.44. The van der Waals surface area contributed by atoms with E-state index in [0.717, 1.165) is 0 Å². The van der Waals surface area contributed by atoms with Crippen LogP contribution in [0.15, 0.2) is 12.0 Å². The Balaban J connectivity index is 3.34. The van der Waals surface area contributed by atoms with Crippen LogP contribution in [0.3, 0.4) is 0 Å². The van der Waals surface area contributed by atoms with Crippen LogP contribution in [0.5, 0.6) is 0 Å². The molecule has 0 aromatic heterocycles. The average molecular weight is 116 g/mol. The van der Waals surface area contributed by atoms with Crippen LogP contribution in [0.4, 0.5) is 0 Å². The van der Waals surface area contributed by atoms with E-state index in [4.69, 9.17) is 0 Å². The van der Waals surface area contributed by atoms with Crippen LogP contribution in [0.1, 0.15) is 20.8 Å². The van der Waals surface area contributed by atoms with Crippen molar-refractivity contribution in [3.05, 3.63) is 12.0 Å². The SMILES string of the molecule is C=CSC(C)(C)C. The molecule has 0 N–H and O–H groups in total. The van der Waals surface area contributed by atoms with Gasteiger partial charge in [0.15, 0.2) is 0 Å². The second-order valence-electron chi connectivity index (χ2n) is 2.40. The summed E-state index contributed by atoms with van der Waals surface area (Å²) in [5.41, 5.74) is 0. The minimum absolute atomic E-state index is 0.349. The molecule has 1 heteroatoms. The number of hydrogen-bond donors (Lipinski definition) is 0. The van der Waals surface area contributed by atoms with E-state index in [-0.39, 0.29) is 0 Å². The molecule has 0 radical (unpaired) electrons. The fourth-order valence-electron chi connectivity index (χ4n) is 0.250. The monoisotopic (exact) mass is 116 g/mol. The maximum Gasteiger partial charge on any atom is 0.0116 e. The van der Waals surface area contributed by atoms with Crippen LogP contribution < -0.4 is 0 Å². The first-order valence-electron chi connectivity index (χ1n) is 2.35. The van der Waals surface area contributed by atoms with Gasteiger partial charge in [-0.1, -0.05) is 27.4 Å². The van der Waals surface area contributed by atoms with E-state index in [1.807, 2.05) is 5.41 Å². The highest BCUT2D eigenvalue weighted by Crippen LogP contribution is 2.22. The topological polar surface area (TPSA) is 0 Å². The molecule has 0 aromatic carbocycles. The smallest absolute Gasteiger partial charge is 0.0116 e. The van der Waals surface area contributed by atoms with E-state index in [9.17, 15) is 0 Å². The molecule has 42 valence electrons. The average Bonchev–Trinajstić information content (AvgIpc) is 1.30. The van der Waals surface area contributed by atoms with Crippen LogP contribution in [-0.2, 0) is 0 Å². The van der Waals surface area contributed by atoms with Crippen LogP contribution >= 0.6 is 11.8 Å². The highest BCUT2D eigenvalue weighted by Gasteiger charge is 2.05. The van der Waals surface area contributed by atoms with Crippen LogP contribution in [-0.4, -0.2) is 4.75 Å². The van der Waals surface area contributed by atoms with Gasteiger partial charge < -0.3 is 0 Å². The molecule has 0 aliphatic heterocycles. The summed E-state index contributed by atoms with van der Waals surface area (Å²) in [5.74, 6) is 0. The van der Waals surface area contributed by atoms with Gasteiger partial charge in [0.2, 0.25) is 0 Å². The predicted molar refractivity (Wildman–Crippen MR) is 37.5 cm³/mol. The molecule has 0 nitrogen and oxygen atoms in total. The van der Waals surface area contributed by atoms with Gasteiger partial charge in [-0.25, -0.2) is 0 Å². The normalized spacial score (nSPS) is 11.3. The summed E-state index contributed by atoms with van der Waals surface area (Å²) in [6.45, 7) is 10.1. The molecule has 0 unspecified atom stereocenters. The minimum Gasteiger partial charge on any atom is -0.129 e. The Bertz CT molecular complexity index is 59.1. The van der Waals surface area contributed by atoms with Crippen molar-refractivity contribution in [3.63, 3.8) is 0 Å². The first-order valence-corrected chi connectivity index (χ1v) is 3.23. The quantitative estimate of drug-likeness (QED) is 0.507. The molecular formula is C6H12S. The van der Waals surface area contributed by atoms with Crippen molar-refractivity contribution >= 4 is 11.8 Å². The molecule has 0 rings (SSSR count). The second-order valence-corrected chi connectivity index (χ2v) is 4.19. The van der Waals surface area contributed by atoms with Crippen LogP contribution in [0.25, 0.3) is 0 Å². The fraction of sp³-hybridized carbons (Fsp3) is 0.667. The van der Waals surface area contributed by atoms with E-state index in [2.05, 4.69) is 27.4 Å². The van der Waals surface area contributed by atoms with Gasteiger partial charge in [0.1, 0.15) is 0 Å². The third kappa shape index (κ3) is 6.09. The standard InChI is InChI=1S/C6H12S/c1-5-7-6(2,3)4/h5H,1H2,2-4H3. The van der Waals surface area contributed by atoms with Gasteiger partial charge in [0.25, 0.3) is 0 Å². The van der Waals surface area contributed by atoms with Crippen molar-refractivity contribution < 1.29 is 0 Å². The Morgan fingerprint density at radius 1 is 1.43 bits per heavy atom. The molecule has 0 aromatic rings. The Morgan fingerprint density at radius 3 is 1.86 bits per heavy atom. The lowest BCUT2D eigenvalue weighted by Crippen LogP contribution is -2.04. The molecule has 0 aliphatic rings. The van der Waals surface area contributed by atoms with Gasteiger partial charge in [0.05, 0.1) is 0 Å². The van der Waals surface area contributed by atoms with Crippen molar-refractivity contribution in [1.82, 2.24) is 0 Å². The van der Waals surface area contributed by atoms with Gasteiger partial charge in [-0.3, -0.25) is 0 Å². The maximum absolute atomic E-state index is 3.61. The molecule has 0 spiro atoms. The molecule has 0 atom stereocenters. The summed E-state index contributed by atoms with van der Waals surface area (Å²) < 4.78 is 0.349. The lowest BCUT2D eigenvalue weighted by atomic mass is 10.3. The lowest BCUT2D eigenvalue weighted by molar-refractivity contribution is 0.808. The molecule has 0 amide bonds. The van der Waals surface area contributed by atoms with Crippen molar-refractivity contribution in [2.45, 2.75) is 25.5 Å². The van der Waals surface area contributed by atoms with E-state index < -0.39 is 0 Å². The maximum atomic E-state index is 3.61. The van der Waals surface area contributed by atoms with Crippen molar-refractivity contribution in [1.29, 1.82) is 0 Å². The van der Waals surface area contributed by atoms with Crippen molar-refractivity contribution in [2.75, 3.05) is 0 Å². The zero-order valence-corrected chi connectivity index (χ0v) is 6.01. The summed E-state index contributed by atoms with van der Waals surface area (Å²) in [4.78, 5) is 0. The summed E-state index contributed by atoms with van der Waals surface area (Å²) in [5, 5.41) is 1.88. The van der Waals surface area contributed by atoms with E-state index in [1.54, 1.807) is 11.8 Å². The van der Waals surface area contributed by atoms with E-state index >= 15 is 0 Å². The molecule has 0 saturated carbocycles. The molecule has 0 aliphatic carbocycles. The van der Waals surface area contributed by atoms with Gasteiger partial charge in [-0.05, 0) is 5.41 Å². The highest BCUT2D eigenvalue weighted by molar-refractivity contribution is 8.03.